The Labute approximate surface area is 83.4 Å². The second-order valence-electron chi connectivity index (χ2n) is 3.53. The van der Waals surface area contributed by atoms with Gasteiger partial charge in [0.25, 0.3) is 0 Å². The van der Waals surface area contributed by atoms with Crippen molar-refractivity contribution in [1.29, 1.82) is 0 Å². The van der Waals surface area contributed by atoms with Crippen molar-refractivity contribution in [2.24, 2.45) is 0 Å². The van der Waals surface area contributed by atoms with Crippen molar-refractivity contribution < 1.29 is 0 Å². The summed E-state index contributed by atoms with van der Waals surface area (Å²) in [6.45, 7) is 6.04. The molecular weight excluding hydrogens is 174 g/mol. The molecule has 0 bridgehead atoms. The van der Waals surface area contributed by atoms with Gasteiger partial charge in [0.15, 0.2) is 0 Å². The van der Waals surface area contributed by atoms with E-state index >= 15 is 0 Å². The molecule has 0 saturated carbocycles. The molecule has 0 atom stereocenters. The summed E-state index contributed by atoms with van der Waals surface area (Å²) in [5, 5.41) is 4.29. The topological polar surface area (TPSA) is 30.7 Å². The van der Waals surface area contributed by atoms with Crippen LogP contribution in [0.5, 0.6) is 0 Å². The largest absolute Gasteiger partial charge is 0.221 e. The fourth-order valence-corrected chi connectivity index (χ4v) is 1.43. The second-order valence-corrected chi connectivity index (χ2v) is 3.53. The van der Waals surface area contributed by atoms with E-state index in [9.17, 15) is 0 Å². The molecule has 0 aliphatic rings. The number of benzene rings is 1. The van der Waals surface area contributed by atoms with Gasteiger partial charge in [0, 0.05) is 0 Å². The number of hydrogen-bond acceptors (Lipinski definition) is 2. The molecule has 0 aliphatic carbocycles. The average Bonchev–Trinajstić information content (AvgIpc) is 2.56. The lowest BCUT2D eigenvalue weighted by atomic mass is 10.1. The van der Waals surface area contributed by atoms with Crippen LogP contribution in [0.2, 0.25) is 0 Å². The zero-order chi connectivity index (χ0) is 10.1. The molecule has 2 aromatic rings. The lowest BCUT2D eigenvalue weighted by Gasteiger charge is -2.05. The van der Waals surface area contributed by atoms with Gasteiger partial charge in [-0.15, -0.1) is 0 Å². The van der Waals surface area contributed by atoms with Crippen LogP contribution >= 0.6 is 0 Å². The van der Waals surface area contributed by atoms with E-state index in [2.05, 4.69) is 42.1 Å². The van der Waals surface area contributed by atoms with Crippen molar-refractivity contribution >= 4 is 0 Å². The monoisotopic (exact) mass is 187 g/mol. The summed E-state index contributed by atoms with van der Waals surface area (Å²) in [4.78, 5) is 4.12. The summed E-state index contributed by atoms with van der Waals surface area (Å²) >= 11 is 0. The van der Waals surface area contributed by atoms with Gasteiger partial charge in [-0.25, -0.2) is 9.67 Å². The van der Waals surface area contributed by atoms with E-state index in [4.69, 9.17) is 0 Å². The molecular formula is C11H13N3. The predicted molar refractivity (Wildman–Crippen MR) is 55.6 cm³/mol. The summed E-state index contributed by atoms with van der Waals surface area (Å²) < 4.78 is 1.82. The van der Waals surface area contributed by atoms with Crippen LogP contribution in [-0.2, 0) is 0 Å². The fourth-order valence-electron chi connectivity index (χ4n) is 1.43. The summed E-state index contributed by atoms with van der Waals surface area (Å²) in [5.74, 6) is 0.797. The van der Waals surface area contributed by atoms with Crippen LogP contribution in [0.4, 0.5) is 0 Å². The fraction of sp³-hybridized carbons (Fsp3) is 0.273. The summed E-state index contributed by atoms with van der Waals surface area (Å²) in [6, 6.07) is 6.31. The molecule has 14 heavy (non-hydrogen) atoms. The lowest BCUT2D eigenvalue weighted by Crippen LogP contribution is -1.98. The molecule has 72 valence electrons. The van der Waals surface area contributed by atoms with Gasteiger partial charge >= 0.3 is 0 Å². The van der Waals surface area contributed by atoms with E-state index in [1.165, 1.54) is 11.1 Å². The Morgan fingerprint density at radius 2 is 1.93 bits per heavy atom. The molecule has 0 aliphatic heterocycles. The molecule has 0 spiro atoms. The minimum absolute atomic E-state index is 0.797. The third kappa shape index (κ3) is 1.53. The summed E-state index contributed by atoms with van der Waals surface area (Å²) in [5.41, 5.74) is 3.55. The van der Waals surface area contributed by atoms with Crippen molar-refractivity contribution in [2.75, 3.05) is 0 Å². The maximum Gasteiger partial charge on any atom is 0.147 e. The Morgan fingerprint density at radius 1 is 1.14 bits per heavy atom. The highest BCUT2D eigenvalue weighted by molar-refractivity contribution is 5.41. The Bertz CT molecular complexity index is 457. The summed E-state index contributed by atoms with van der Waals surface area (Å²) in [6.07, 6.45) is 1.75. The van der Waals surface area contributed by atoms with Crippen molar-refractivity contribution in [3.05, 3.63) is 41.5 Å². The quantitative estimate of drug-likeness (QED) is 0.685. The molecule has 0 fully saturated rings. The third-order valence-electron chi connectivity index (χ3n) is 2.22. The first-order valence-electron chi connectivity index (χ1n) is 4.63. The van der Waals surface area contributed by atoms with Crippen LogP contribution in [0.15, 0.2) is 24.5 Å². The minimum atomic E-state index is 0.797. The Hall–Kier alpha value is -1.64. The molecule has 3 nitrogen and oxygen atoms in total. The van der Waals surface area contributed by atoms with Gasteiger partial charge in [0.1, 0.15) is 12.2 Å². The van der Waals surface area contributed by atoms with Crippen molar-refractivity contribution in [1.82, 2.24) is 14.8 Å². The molecule has 1 heterocycles. The van der Waals surface area contributed by atoms with Crippen LogP contribution in [-0.4, -0.2) is 14.8 Å². The Morgan fingerprint density at radius 3 is 2.57 bits per heavy atom. The lowest BCUT2D eigenvalue weighted by molar-refractivity contribution is 0.854. The molecule has 0 saturated heterocycles. The molecule has 1 aromatic carbocycles. The first kappa shape index (κ1) is 8.94. The van der Waals surface area contributed by atoms with Gasteiger partial charge in [-0.2, -0.15) is 5.10 Å². The molecule has 0 N–H and O–H groups in total. The smallest absolute Gasteiger partial charge is 0.147 e. The van der Waals surface area contributed by atoms with Crippen LogP contribution in [0.3, 0.4) is 0 Å². The minimum Gasteiger partial charge on any atom is -0.221 e. The second kappa shape index (κ2) is 3.25. The zero-order valence-electron chi connectivity index (χ0n) is 8.65. The maximum absolute atomic E-state index is 4.29. The van der Waals surface area contributed by atoms with Crippen molar-refractivity contribution in [3.63, 3.8) is 0 Å². The first-order chi connectivity index (χ1) is 6.66. The number of hydrogen-bond donors (Lipinski definition) is 0. The van der Waals surface area contributed by atoms with E-state index in [0.29, 0.717) is 0 Å². The van der Waals surface area contributed by atoms with Crippen LogP contribution in [0, 0.1) is 20.8 Å². The standard InChI is InChI=1S/C11H13N3/c1-8-4-5-9(2)11(6-8)14-7-12-10(3)13-14/h4-7H,1-3H3. The van der Waals surface area contributed by atoms with Gasteiger partial charge in [-0.1, -0.05) is 12.1 Å². The van der Waals surface area contributed by atoms with Gasteiger partial charge in [-0.05, 0) is 38.0 Å². The number of aromatic nitrogens is 3. The zero-order valence-corrected chi connectivity index (χ0v) is 8.65. The highest BCUT2D eigenvalue weighted by Gasteiger charge is 2.02. The van der Waals surface area contributed by atoms with E-state index in [1.54, 1.807) is 6.33 Å². The molecule has 2 rings (SSSR count). The van der Waals surface area contributed by atoms with Crippen molar-refractivity contribution in [3.8, 4) is 5.69 Å². The van der Waals surface area contributed by atoms with E-state index in [-0.39, 0.29) is 0 Å². The van der Waals surface area contributed by atoms with Crippen LogP contribution < -0.4 is 0 Å². The molecule has 0 unspecified atom stereocenters. The molecule has 1 aromatic heterocycles. The SMILES string of the molecule is Cc1ccc(C)c(-n2cnc(C)n2)c1. The normalized spacial score (nSPS) is 10.5. The van der Waals surface area contributed by atoms with Gasteiger partial charge in [0.05, 0.1) is 5.69 Å². The summed E-state index contributed by atoms with van der Waals surface area (Å²) in [7, 11) is 0. The van der Waals surface area contributed by atoms with Crippen LogP contribution in [0.1, 0.15) is 17.0 Å². The Balaban J connectivity index is 2.55. The van der Waals surface area contributed by atoms with E-state index in [1.807, 2.05) is 11.6 Å². The Kier molecular flexibility index (Phi) is 2.08. The van der Waals surface area contributed by atoms with Gasteiger partial charge in [0.2, 0.25) is 0 Å². The number of nitrogens with zero attached hydrogens (tertiary/aromatic N) is 3. The predicted octanol–water partition coefficient (Wildman–Crippen LogP) is 2.19. The number of rotatable bonds is 1. The van der Waals surface area contributed by atoms with E-state index < -0.39 is 0 Å². The van der Waals surface area contributed by atoms with E-state index in [0.717, 1.165) is 11.5 Å². The first-order valence-corrected chi connectivity index (χ1v) is 4.63. The highest BCUT2D eigenvalue weighted by Crippen LogP contribution is 2.14. The van der Waals surface area contributed by atoms with Crippen LogP contribution in [0.25, 0.3) is 5.69 Å². The van der Waals surface area contributed by atoms with Crippen molar-refractivity contribution in [2.45, 2.75) is 20.8 Å². The molecule has 3 heteroatoms. The average molecular weight is 187 g/mol. The third-order valence-corrected chi connectivity index (χ3v) is 2.22. The number of aryl methyl sites for hydroxylation is 3. The van der Waals surface area contributed by atoms with Gasteiger partial charge in [-0.3, -0.25) is 0 Å². The molecule has 0 radical (unpaired) electrons. The molecule has 0 amide bonds. The maximum atomic E-state index is 4.29. The van der Waals surface area contributed by atoms with Gasteiger partial charge < -0.3 is 0 Å². The highest BCUT2D eigenvalue weighted by atomic mass is 15.3.